The van der Waals surface area contributed by atoms with Crippen LogP contribution in [0.15, 0.2) is 42.6 Å². The second-order valence-corrected chi connectivity index (χ2v) is 4.55. The summed E-state index contributed by atoms with van der Waals surface area (Å²) in [7, 11) is 1.52. The average molecular weight is 301 g/mol. The van der Waals surface area contributed by atoms with Crippen LogP contribution in [0.2, 0.25) is 0 Å². The first-order chi connectivity index (χ1) is 10.6. The Kier molecular flexibility index (Phi) is 5.02. The molecule has 1 heterocycles. The van der Waals surface area contributed by atoms with Crippen LogP contribution < -0.4 is 10.1 Å². The fourth-order valence-electron chi connectivity index (χ4n) is 1.92. The van der Waals surface area contributed by atoms with E-state index in [-0.39, 0.29) is 18.0 Å². The van der Waals surface area contributed by atoms with E-state index in [1.807, 2.05) is 6.07 Å². The van der Waals surface area contributed by atoms with Crippen LogP contribution in [0.3, 0.4) is 0 Å². The van der Waals surface area contributed by atoms with Crippen molar-refractivity contribution in [2.45, 2.75) is 13.0 Å². The topological polar surface area (TPSA) is 94.4 Å². The highest BCUT2D eigenvalue weighted by molar-refractivity contribution is 5.78. The molecule has 0 bridgehead atoms. The molecule has 22 heavy (non-hydrogen) atoms. The van der Waals surface area contributed by atoms with Crippen LogP contribution >= 0.6 is 0 Å². The van der Waals surface area contributed by atoms with Gasteiger partial charge in [0.2, 0.25) is 11.8 Å². The van der Waals surface area contributed by atoms with Crippen molar-refractivity contribution in [3.8, 4) is 5.88 Å². The summed E-state index contributed by atoms with van der Waals surface area (Å²) in [6, 6.07) is 9.49. The summed E-state index contributed by atoms with van der Waals surface area (Å²) in [5.41, 5.74) is 1.49. The van der Waals surface area contributed by atoms with Gasteiger partial charge in [-0.05, 0) is 11.6 Å². The third-order valence-electron chi connectivity index (χ3n) is 3.03. The van der Waals surface area contributed by atoms with Gasteiger partial charge in [0, 0.05) is 30.4 Å². The van der Waals surface area contributed by atoms with E-state index in [9.17, 15) is 14.9 Å². The van der Waals surface area contributed by atoms with Gasteiger partial charge < -0.3 is 10.1 Å². The number of nitro groups is 1. The maximum Gasteiger partial charge on any atom is 0.269 e. The molecule has 0 fully saturated rings. The van der Waals surface area contributed by atoms with Gasteiger partial charge in [-0.3, -0.25) is 14.9 Å². The van der Waals surface area contributed by atoms with Crippen LogP contribution in [0.5, 0.6) is 5.88 Å². The van der Waals surface area contributed by atoms with Crippen molar-refractivity contribution in [2.24, 2.45) is 0 Å². The van der Waals surface area contributed by atoms with Crippen molar-refractivity contribution >= 4 is 11.6 Å². The van der Waals surface area contributed by atoms with Crippen LogP contribution in [0, 0.1) is 10.1 Å². The Hall–Kier alpha value is -2.96. The van der Waals surface area contributed by atoms with Gasteiger partial charge in [-0.1, -0.05) is 18.2 Å². The molecule has 114 valence electrons. The Bertz CT molecular complexity index is 671. The van der Waals surface area contributed by atoms with Crippen LogP contribution in [-0.2, 0) is 17.8 Å². The zero-order valence-corrected chi connectivity index (χ0v) is 12.0. The molecule has 7 nitrogen and oxygen atoms in total. The van der Waals surface area contributed by atoms with Crippen molar-refractivity contribution in [3.63, 3.8) is 0 Å². The second kappa shape index (κ2) is 7.16. The quantitative estimate of drug-likeness (QED) is 0.649. The lowest BCUT2D eigenvalue weighted by Gasteiger charge is -2.08. The molecule has 0 aliphatic heterocycles. The van der Waals surface area contributed by atoms with E-state index in [2.05, 4.69) is 10.3 Å². The number of benzene rings is 1. The number of amides is 1. The molecule has 0 atom stereocenters. The zero-order chi connectivity index (χ0) is 15.9. The number of nitrogens with zero attached hydrogens (tertiary/aromatic N) is 2. The molecule has 0 radical (unpaired) electrons. The van der Waals surface area contributed by atoms with Crippen molar-refractivity contribution in [1.82, 2.24) is 10.3 Å². The highest BCUT2D eigenvalue weighted by Crippen LogP contribution is 2.14. The van der Waals surface area contributed by atoms with Gasteiger partial charge >= 0.3 is 0 Å². The molecule has 0 saturated carbocycles. The summed E-state index contributed by atoms with van der Waals surface area (Å²) in [4.78, 5) is 26.0. The van der Waals surface area contributed by atoms with Gasteiger partial charge in [0.1, 0.15) is 0 Å². The minimum Gasteiger partial charge on any atom is -0.481 e. The number of nitro benzene ring substituents is 1. The number of carbonyl (C=O) groups excluding carboxylic acids is 1. The van der Waals surface area contributed by atoms with E-state index in [1.54, 1.807) is 24.4 Å². The van der Waals surface area contributed by atoms with E-state index >= 15 is 0 Å². The number of non-ortho nitro benzene ring substituents is 1. The molecular weight excluding hydrogens is 286 g/mol. The first-order valence-corrected chi connectivity index (χ1v) is 6.58. The predicted octanol–water partition coefficient (Wildman–Crippen LogP) is 1.86. The smallest absolute Gasteiger partial charge is 0.269 e. The van der Waals surface area contributed by atoms with Gasteiger partial charge in [-0.15, -0.1) is 0 Å². The van der Waals surface area contributed by atoms with Crippen molar-refractivity contribution < 1.29 is 14.5 Å². The van der Waals surface area contributed by atoms with Gasteiger partial charge in [0.15, 0.2) is 0 Å². The Morgan fingerprint density at radius 3 is 2.68 bits per heavy atom. The fourth-order valence-corrected chi connectivity index (χ4v) is 1.92. The Morgan fingerprint density at radius 2 is 2.05 bits per heavy atom. The van der Waals surface area contributed by atoms with Crippen molar-refractivity contribution in [1.29, 1.82) is 0 Å². The number of nitrogens with one attached hydrogen (secondary N) is 1. The number of hydrogen-bond donors (Lipinski definition) is 1. The summed E-state index contributed by atoms with van der Waals surface area (Å²) < 4.78 is 5.11. The second-order valence-electron chi connectivity index (χ2n) is 4.55. The zero-order valence-electron chi connectivity index (χ0n) is 12.0. The van der Waals surface area contributed by atoms with E-state index in [1.165, 1.54) is 19.2 Å². The summed E-state index contributed by atoms with van der Waals surface area (Å²) in [6.45, 7) is 0.308. The largest absolute Gasteiger partial charge is 0.481 e. The Balaban J connectivity index is 1.91. The monoisotopic (exact) mass is 301 g/mol. The molecule has 1 aromatic carbocycles. The van der Waals surface area contributed by atoms with E-state index in [0.29, 0.717) is 18.0 Å². The average Bonchev–Trinajstić information content (AvgIpc) is 2.53. The summed E-state index contributed by atoms with van der Waals surface area (Å²) in [6.07, 6.45) is 1.77. The van der Waals surface area contributed by atoms with Crippen molar-refractivity contribution in [3.05, 3.63) is 63.8 Å². The molecular formula is C15H15N3O4. The molecule has 1 aromatic heterocycles. The molecule has 2 rings (SSSR count). The molecule has 7 heteroatoms. The lowest BCUT2D eigenvalue weighted by molar-refractivity contribution is -0.384. The maximum absolute atomic E-state index is 11.9. The van der Waals surface area contributed by atoms with E-state index in [0.717, 1.165) is 5.56 Å². The molecule has 1 amide bonds. The number of rotatable bonds is 6. The maximum atomic E-state index is 11.9. The molecule has 1 N–H and O–H groups in total. The first-order valence-electron chi connectivity index (χ1n) is 6.58. The SMILES string of the molecule is COc1ncccc1CNC(=O)Cc1ccc([N+](=O)[O-])cc1. The minimum atomic E-state index is -0.474. The summed E-state index contributed by atoms with van der Waals surface area (Å²) in [5.74, 6) is 0.290. The van der Waals surface area contributed by atoms with Crippen LogP contribution in [0.1, 0.15) is 11.1 Å². The van der Waals surface area contributed by atoms with Gasteiger partial charge in [-0.25, -0.2) is 4.98 Å². The molecule has 0 aliphatic rings. The predicted molar refractivity (Wildman–Crippen MR) is 79.4 cm³/mol. The highest BCUT2D eigenvalue weighted by Gasteiger charge is 2.09. The van der Waals surface area contributed by atoms with Gasteiger partial charge in [0.25, 0.3) is 5.69 Å². The van der Waals surface area contributed by atoms with Crippen LogP contribution in [0.25, 0.3) is 0 Å². The minimum absolute atomic E-state index is 0.00394. The fraction of sp³-hybridized carbons (Fsp3) is 0.200. The molecule has 0 unspecified atom stereocenters. The lowest BCUT2D eigenvalue weighted by atomic mass is 10.1. The third-order valence-corrected chi connectivity index (χ3v) is 3.03. The highest BCUT2D eigenvalue weighted by atomic mass is 16.6. The van der Waals surface area contributed by atoms with E-state index in [4.69, 9.17) is 4.74 Å². The van der Waals surface area contributed by atoms with Crippen LogP contribution in [-0.4, -0.2) is 22.9 Å². The summed E-state index contributed by atoms with van der Waals surface area (Å²) >= 11 is 0. The van der Waals surface area contributed by atoms with Gasteiger partial charge in [0.05, 0.1) is 18.5 Å². The number of aromatic nitrogens is 1. The molecule has 0 spiro atoms. The van der Waals surface area contributed by atoms with Gasteiger partial charge in [-0.2, -0.15) is 0 Å². The number of ether oxygens (including phenoxy) is 1. The van der Waals surface area contributed by atoms with Crippen LogP contribution in [0.4, 0.5) is 5.69 Å². The van der Waals surface area contributed by atoms with Crippen molar-refractivity contribution in [2.75, 3.05) is 7.11 Å². The molecule has 2 aromatic rings. The number of hydrogen-bond acceptors (Lipinski definition) is 5. The standard InChI is InChI=1S/C15H15N3O4/c1-22-15-12(3-2-8-16-15)10-17-14(19)9-11-4-6-13(7-5-11)18(20)21/h2-8H,9-10H2,1H3,(H,17,19). The number of pyridine rings is 1. The lowest BCUT2D eigenvalue weighted by Crippen LogP contribution is -2.24. The normalized spacial score (nSPS) is 10.0. The third kappa shape index (κ3) is 4.02. The Labute approximate surface area is 127 Å². The number of carbonyl (C=O) groups is 1. The first kappa shape index (κ1) is 15.4. The molecule has 0 aliphatic carbocycles. The molecule has 0 saturated heterocycles. The summed E-state index contributed by atoms with van der Waals surface area (Å²) in [5, 5.41) is 13.3. The number of methoxy groups -OCH3 is 1. The Morgan fingerprint density at radius 1 is 1.32 bits per heavy atom. The van der Waals surface area contributed by atoms with E-state index < -0.39 is 4.92 Å².